The number of methoxy groups -OCH3 is 1. The van der Waals surface area contributed by atoms with Crippen molar-refractivity contribution < 1.29 is 27.4 Å². The lowest BCUT2D eigenvalue weighted by molar-refractivity contribution is -0.140. The molecule has 0 amide bonds. The highest BCUT2D eigenvalue weighted by molar-refractivity contribution is 5.30. The van der Waals surface area contributed by atoms with E-state index in [0.717, 1.165) is 6.07 Å². The van der Waals surface area contributed by atoms with Gasteiger partial charge in [-0.2, -0.15) is 13.2 Å². The van der Waals surface area contributed by atoms with Crippen molar-refractivity contribution in [2.24, 2.45) is 5.92 Å². The molecule has 0 saturated heterocycles. The molecule has 0 aliphatic rings. The quantitative estimate of drug-likeness (QED) is 0.857. The van der Waals surface area contributed by atoms with E-state index >= 15 is 0 Å². The van der Waals surface area contributed by atoms with Gasteiger partial charge in [0, 0.05) is 7.11 Å². The Kier molecular flexibility index (Phi) is 4.58. The molecule has 1 atom stereocenters. The first-order chi connectivity index (χ1) is 8.63. The van der Waals surface area contributed by atoms with Gasteiger partial charge in [0.1, 0.15) is 11.4 Å². The van der Waals surface area contributed by atoms with E-state index in [0.29, 0.717) is 12.1 Å². The number of halogens is 4. The van der Waals surface area contributed by atoms with E-state index in [1.165, 1.54) is 7.11 Å². The highest BCUT2D eigenvalue weighted by Gasteiger charge is 2.37. The zero-order valence-corrected chi connectivity index (χ0v) is 10.9. The monoisotopic (exact) mass is 280 g/mol. The molecule has 1 rings (SSSR count). The Morgan fingerprint density at radius 3 is 2.21 bits per heavy atom. The van der Waals surface area contributed by atoms with Crippen molar-refractivity contribution in [3.05, 3.63) is 35.1 Å². The maximum atomic E-state index is 13.5. The van der Waals surface area contributed by atoms with Crippen LogP contribution in [0.2, 0.25) is 0 Å². The summed E-state index contributed by atoms with van der Waals surface area (Å²) in [5, 5.41) is 10.4. The second-order valence-corrected chi connectivity index (χ2v) is 4.70. The molecule has 1 N–H and O–H groups in total. The van der Waals surface area contributed by atoms with Gasteiger partial charge < -0.3 is 9.84 Å². The van der Waals surface area contributed by atoms with E-state index in [4.69, 9.17) is 4.74 Å². The number of aliphatic hydroxyl groups is 1. The standard InChI is InChI=1S/C13H16F4O2/c1-8(2)12(18,7-19-3)9-4-5-10(11(14)6-9)13(15,16)17/h4-6,8,18H,7H2,1-3H3. The molecular weight excluding hydrogens is 264 g/mol. The molecule has 0 fully saturated rings. The van der Waals surface area contributed by atoms with Crippen LogP contribution in [0.15, 0.2) is 18.2 Å². The van der Waals surface area contributed by atoms with Crippen molar-refractivity contribution in [2.75, 3.05) is 13.7 Å². The van der Waals surface area contributed by atoms with Gasteiger partial charge in [-0.25, -0.2) is 4.39 Å². The van der Waals surface area contributed by atoms with E-state index in [9.17, 15) is 22.7 Å². The van der Waals surface area contributed by atoms with Gasteiger partial charge in [-0.15, -0.1) is 0 Å². The summed E-state index contributed by atoms with van der Waals surface area (Å²) < 4.78 is 55.7. The van der Waals surface area contributed by atoms with Crippen LogP contribution in [0.25, 0.3) is 0 Å². The Morgan fingerprint density at radius 2 is 1.84 bits per heavy atom. The van der Waals surface area contributed by atoms with Gasteiger partial charge in [0.2, 0.25) is 0 Å². The second kappa shape index (κ2) is 5.46. The van der Waals surface area contributed by atoms with E-state index < -0.39 is 23.2 Å². The van der Waals surface area contributed by atoms with Gasteiger partial charge in [-0.05, 0) is 23.6 Å². The first-order valence-electron chi connectivity index (χ1n) is 5.71. The van der Waals surface area contributed by atoms with Gasteiger partial charge in [0.25, 0.3) is 0 Å². The molecule has 0 saturated carbocycles. The third-order valence-corrected chi connectivity index (χ3v) is 3.09. The van der Waals surface area contributed by atoms with E-state index in [1.54, 1.807) is 13.8 Å². The highest BCUT2D eigenvalue weighted by atomic mass is 19.4. The number of rotatable bonds is 4. The van der Waals surface area contributed by atoms with Crippen LogP contribution < -0.4 is 0 Å². The molecule has 0 aliphatic heterocycles. The van der Waals surface area contributed by atoms with Gasteiger partial charge in [0.05, 0.1) is 12.2 Å². The summed E-state index contributed by atoms with van der Waals surface area (Å²) in [4.78, 5) is 0. The number of hydrogen-bond acceptors (Lipinski definition) is 2. The van der Waals surface area contributed by atoms with Crippen molar-refractivity contribution >= 4 is 0 Å². The lowest BCUT2D eigenvalue weighted by Gasteiger charge is -2.32. The third-order valence-electron chi connectivity index (χ3n) is 3.09. The smallest absolute Gasteiger partial charge is 0.382 e. The van der Waals surface area contributed by atoms with Crippen molar-refractivity contribution in [1.82, 2.24) is 0 Å². The summed E-state index contributed by atoms with van der Waals surface area (Å²) in [6.07, 6.45) is -4.75. The maximum Gasteiger partial charge on any atom is 0.419 e. The van der Waals surface area contributed by atoms with Gasteiger partial charge in [0.15, 0.2) is 0 Å². The molecule has 0 aliphatic carbocycles. The molecule has 19 heavy (non-hydrogen) atoms. The average Bonchev–Trinajstić information content (AvgIpc) is 2.27. The van der Waals surface area contributed by atoms with Crippen molar-refractivity contribution in [3.63, 3.8) is 0 Å². The normalized spacial score (nSPS) is 15.6. The number of hydrogen-bond donors (Lipinski definition) is 1. The molecule has 0 spiro atoms. The van der Waals surface area contributed by atoms with Crippen LogP contribution in [-0.2, 0) is 16.5 Å². The van der Waals surface area contributed by atoms with Crippen LogP contribution in [0.5, 0.6) is 0 Å². The van der Waals surface area contributed by atoms with Crippen molar-refractivity contribution in [1.29, 1.82) is 0 Å². The van der Waals surface area contributed by atoms with Crippen LogP contribution in [-0.4, -0.2) is 18.8 Å². The molecule has 0 radical (unpaired) electrons. The molecule has 0 aromatic heterocycles. The molecule has 108 valence electrons. The van der Waals surface area contributed by atoms with Crippen LogP contribution in [0.1, 0.15) is 25.0 Å². The molecule has 6 heteroatoms. The molecule has 1 aromatic carbocycles. The minimum Gasteiger partial charge on any atom is -0.382 e. The maximum absolute atomic E-state index is 13.5. The Balaban J connectivity index is 3.26. The highest BCUT2D eigenvalue weighted by Crippen LogP contribution is 2.35. The summed E-state index contributed by atoms with van der Waals surface area (Å²) in [5.41, 5.74) is -2.81. The molecule has 0 bridgehead atoms. The topological polar surface area (TPSA) is 29.5 Å². The van der Waals surface area contributed by atoms with Crippen LogP contribution in [0, 0.1) is 11.7 Å². The van der Waals surface area contributed by atoms with Gasteiger partial charge in [-0.3, -0.25) is 0 Å². The summed E-state index contributed by atoms with van der Waals surface area (Å²) in [6, 6.07) is 2.42. The van der Waals surface area contributed by atoms with Crippen LogP contribution in [0.4, 0.5) is 17.6 Å². The largest absolute Gasteiger partial charge is 0.419 e. The summed E-state index contributed by atoms with van der Waals surface area (Å²) in [7, 11) is 1.35. The fourth-order valence-electron chi connectivity index (χ4n) is 1.82. The van der Waals surface area contributed by atoms with E-state index in [2.05, 4.69) is 0 Å². The summed E-state index contributed by atoms with van der Waals surface area (Å²) in [5.74, 6) is -1.75. The molecule has 0 heterocycles. The number of ether oxygens (including phenoxy) is 1. The second-order valence-electron chi connectivity index (χ2n) is 4.70. The van der Waals surface area contributed by atoms with Crippen LogP contribution >= 0.6 is 0 Å². The SMILES string of the molecule is COCC(O)(c1ccc(C(F)(F)F)c(F)c1)C(C)C. The zero-order valence-electron chi connectivity index (χ0n) is 10.9. The first-order valence-corrected chi connectivity index (χ1v) is 5.71. The zero-order chi connectivity index (χ0) is 14.8. The molecular formula is C13H16F4O2. The minimum absolute atomic E-state index is 0.0647. The Bertz CT molecular complexity index is 443. The summed E-state index contributed by atoms with van der Waals surface area (Å²) >= 11 is 0. The predicted octanol–water partition coefficient (Wildman–Crippen LogP) is 3.33. The minimum atomic E-state index is -4.75. The fourth-order valence-corrected chi connectivity index (χ4v) is 1.82. The van der Waals surface area contributed by atoms with Crippen LogP contribution in [0.3, 0.4) is 0 Å². The third kappa shape index (κ3) is 3.25. The average molecular weight is 280 g/mol. The lowest BCUT2D eigenvalue weighted by atomic mass is 9.83. The summed E-state index contributed by atoms with van der Waals surface area (Å²) in [6.45, 7) is 3.22. The lowest BCUT2D eigenvalue weighted by Crippen LogP contribution is -2.37. The molecule has 1 aromatic rings. The van der Waals surface area contributed by atoms with Gasteiger partial charge in [-0.1, -0.05) is 19.9 Å². The van der Waals surface area contributed by atoms with Gasteiger partial charge >= 0.3 is 6.18 Å². The fraction of sp³-hybridized carbons (Fsp3) is 0.538. The Morgan fingerprint density at radius 1 is 1.26 bits per heavy atom. The van der Waals surface area contributed by atoms with E-state index in [1.807, 2.05) is 0 Å². The number of alkyl halides is 3. The van der Waals surface area contributed by atoms with Crippen molar-refractivity contribution in [2.45, 2.75) is 25.6 Å². The van der Waals surface area contributed by atoms with E-state index in [-0.39, 0.29) is 18.1 Å². The predicted molar refractivity (Wildman–Crippen MR) is 62.0 cm³/mol. The molecule has 2 nitrogen and oxygen atoms in total. The first kappa shape index (κ1) is 15.9. The Hall–Kier alpha value is -1.14. The van der Waals surface area contributed by atoms with Crippen molar-refractivity contribution in [3.8, 4) is 0 Å². The Labute approximate surface area is 109 Å². The molecule has 1 unspecified atom stereocenters. The number of benzene rings is 1.